The van der Waals surface area contributed by atoms with Crippen LogP contribution in [-0.2, 0) is 6.54 Å². The Hall–Kier alpha value is -4.80. The molecule has 9 nitrogen and oxygen atoms in total. The molecule has 0 bridgehead atoms. The Morgan fingerprint density at radius 1 is 0.909 bits per heavy atom. The second-order valence-corrected chi connectivity index (χ2v) is 11.7. The Labute approximate surface area is 259 Å². The third-order valence-corrected chi connectivity index (χ3v) is 8.99. The lowest BCUT2D eigenvalue weighted by molar-refractivity contribution is 0.203. The van der Waals surface area contributed by atoms with Gasteiger partial charge in [-0.25, -0.2) is 15.0 Å². The highest BCUT2D eigenvalue weighted by atomic mass is 32.1. The molecular formula is C34H31N7O2S. The lowest BCUT2D eigenvalue weighted by Crippen LogP contribution is -2.48. The number of aromatic nitrogens is 4. The zero-order chi connectivity index (χ0) is 30.4. The molecule has 0 amide bonds. The molecule has 1 aliphatic rings. The Balaban J connectivity index is 1.15. The molecule has 7 rings (SSSR count). The molecule has 1 saturated heterocycles. The van der Waals surface area contributed by atoms with E-state index in [0.29, 0.717) is 17.3 Å². The summed E-state index contributed by atoms with van der Waals surface area (Å²) in [7, 11) is 1.89. The van der Waals surface area contributed by atoms with E-state index in [0.717, 1.165) is 66.1 Å². The first-order valence-electron chi connectivity index (χ1n) is 14.6. The quantitative estimate of drug-likeness (QED) is 0.200. The summed E-state index contributed by atoms with van der Waals surface area (Å²) in [6.45, 7) is 2.62. The summed E-state index contributed by atoms with van der Waals surface area (Å²) >= 11 is 4.22. The topological polar surface area (TPSA) is 110 Å². The van der Waals surface area contributed by atoms with Gasteiger partial charge in [0, 0.05) is 50.2 Å². The second-order valence-electron chi connectivity index (χ2n) is 11.3. The molecular weight excluding hydrogens is 570 g/mol. The van der Waals surface area contributed by atoms with Crippen LogP contribution >= 0.6 is 12.6 Å². The first-order chi connectivity index (χ1) is 21.4. The van der Waals surface area contributed by atoms with Crippen molar-refractivity contribution >= 4 is 35.3 Å². The zero-order valence-corrected chi connectivity index (χ0v) is 25.1. The number of piperidine rings is 1. The van der Waals surface area contributed by atoms with Gasteiger partial charge in [-0.05, 0) is 54.8 Å². The average Bonchev–Trinajstić information content (AvgIpc) is 3.44. The highest BCUT2D eigenvalue weighted by Gasteiger charge is 2.29. The van der Waals surface area contributed by atoms with Gasteiger partial charge in [-0.3, -0.25) is 19.1 Å². The number of likely N-dealkylation sites (tertiary alicyclic amines) is 1. The molecule has 0 aliphatic carbocycles. The Morgan fingerprint density at radius 3 is 2.36 bits per heavy atom. The van der Waals surface area contributed by atoms with Crippen LogP contribution in [0.4, 0.5) is 11.5 Å². The minimum atomic E-state index is -0.483. The van der Waals surface area contributed by atoms with Crippen LogP contribution in [-0.4, -0.2) is 50.6 Å². The van der Waals surface area contributed by atoms with Gasteiger partial charge in [-0.2, -0.15) is 0 Å². The molecule has 4 heterocycles. The van der Waals surface area contributed by atoms with E-state index in [1.54, 1.807) is 6.20 Å². The molecule has 1 fully saturated rings. The summed E-state index contributed by atoms with van der Waals surface area (Å²) in [5.74, 6) is 1.10. The van der Waals surface area contributed by atoms with Crippen molar-refractivity contribution in [2.45, 2.75) is 30.3 Å². The van der Waals surface area contributed by atoms with Crippen LogP contribution in [0, 0.1) is 0 Å². The molecule has 1 aliphatic heterocycles. The van der Waals surface area contributed by atoms with Crippen LogP contribution in [0.1, 0.15) is 18.4 Å². The van der Waals surface area contributed by atoms with Crippen LogP contribution in [0.15, 0.2) is 99.5 Å². The summed E-state index contributed by atoms with van der Waals surface area (Å²) in [5.41, 5.74) is 12.2. The van der Waals surface area contributed by atoms with Crippen LogP contribution in [0.3, 0.4) is 0 Å². The number of fused-ring (bicyclic) bond motifs is 1. The number of rotatable bonds is 7. The van der Waals surface area contributed by atoms with Gasteiger partial charge in [0.2, 0.25) is 5.43 Å². The summed E-state index contributed by atoms with van der Waals surface area (Å²) < 4.78 is 2.05. The predicted octanol–water partition coefficient (Wildman–Crippen LogP) is 4.72. The van der Waals surface area contributed by atoms with Gasteiger partial charge >= 0.3 is 0 Å². The van der Waals surface area contributed by atoms with Gasteiger partial charge in [0.1, 0.15) is 17.0 Å². The van der Waals surface area contributed by atoms with E-state index in [2.05, 4.69) is 51.3 Å². The van der Waals surface area contributed by atoms with Crippen molar-refractivity contribution in [2.24, 2.45) is 0 Å². The number of nitrogens with zero attached hydrogens (tertiary/aromatic N) is 6. The van der Waals surface area contributed by atoms with Crippen LogP contribution < -0.4 is 21.5 Å². The van der Waals surface area contributed by atoms with Gasteiger partial charge in [0.05, 0.1) is 16.2 Å². The number of imidazole rings is 1. The fraction of sp³-hybridized carbons (Fsp3) is 0.206. The molecule has 0 radical (unpaired) electrons. The molecule has 6 aromatic rings. The Kier molecular flexibility index (Phi) is 7.23. The number of nitrogens with two attached hydrogens (primary N) is 1. The van der Waals surface area contributed by atoms with Crippen molar-refractivity contribution in [1.82, 2.24) is 24.4 Å². The normalized spacial score (nSPS) is 14.4. The lowest BCUT2D eigenvalue weighted by Gasteiger charge is -2.38. The molecule has 220 valence electrons. The van der Waals surface area contributed by atoms with E-state index in [9.17, 15) is 9.59 Å². The van der Waals surface area contributed by atoms with Gasteiger partial charge in [-0.1, -0.05) is 42.5 Å². The standard InChI is InChI=1S/C34H31N7O2S/c1-39(28-29(42)30(43)31(28)44)23-15-18-40(19-16-23)20-21-9-11-24(12-10-21)41-33(25-8-5-17-36-32(25)35)38-27-14-13-26(37-34(27)41)22-6-3-2-4-7-22/h2-14,17,23,44H,15-16,18-20H2,1H3,(H2,35,36). The molecule has 0 atom stereocenters. The Morgan fingerprint density at radius 2 is 1.66 bits per heavy atom. The number of hydrogen-bond acceptors (Lipinski definition) is 9. The van der Waals surface area contributed by atoms with E-state index < -0.39 is 10.9 Å². The van der Waals surface area contributed by atoms with Gasteiger partial charge < -0.3 is 10.6 Å². The van der Waals surface area contributed by atoms with Crippen molar-refractivity contribution < 1.29 is 0 Å². The number of benzene rings is 2. The zero-order valence-electron chi connectivity index (χ0n) is 24.2. The average molecular weight is 602 g/mol. The van der Waals surface area contributed by atoms with Crippen LogP contribution in [0.25, 0.3) is 39.5 Å². The second kappa shape index (κ2) is 11.4. The lowest BCUT2D eigenvalue weighted by atomic mass is 10.0. The van der Waals surface area contributed by atoms with Gasteiger partial charge in [-0.15, -0.1) is 12.6 Å². The molecule has 3 aromatic heterocycles. The van der Waals surface area contributed by atoms with E-state index in [1.165, 1.54) is 5.56 Å². The molecule has 0 saturated carbocycles. The van der Waals surface area contributed by atoms with E-state index in [4.69, 9.17) is 15.7 Å². The first kappa shape index (κ1) is 28.0. The smallest absolute Gasteiger partial charge is 0.251 e. The summed E-state index contributed by atoms with van der Waals surface area (Å²) in [6, 6.07) is 26.6. The van der Waals surface area contributed by atoms with Crippen molar-refractivity contribution in [3.05, 3.63) is 111 Å². The fourth-order valence-electron chi connectivity index (χ4n) is 6.11. The first-order valence-corrected chi connectivity index (χ1v) is 15.1. The van der Waals surface area contributed by atoms with Crippen LogP contribution in [0.5, 0.6) is 0 Å². The largest absolute Gasteiger partial charge is 0.383 e. The molecule has 2 N–H and O–H groups in total. The van der Waals surface area contributed by atoms with Crippen molar-refractivity contribution in [1.29, 1.82) is 0 Å². The maximum absolute atomic E-state index is 12.0. The molecule has 3 aromatic carbocycles. The number of thiol groups is 1. The minimum Gasteiger partial charge on any atom is -0.383 e. The minimum absolute atomic E-state index is 0.212. The Bertz CT molecular complexity index is 2040. The highest BCUT2D eigenvalue weighted by Crippen LogP contribution is 2.32. The third kappa shape index (κ3) is 4.95. The fourth-order valence-corrected chi connectivity index (χ4v) is 6.47. The van der Waals surface area contributed by atoms with Crippen molar-refractivity contribution in [3.8, 4) is 28.3 Å². The number of anilines is 2. The summed E-state index contributed by atoms with van der Waals surface area (Å²) in [5, 5.41) is 0. The molecule has 0 spiro atoms. The number of pyridine rings is 2. The molecule has 44 heavy (non-hydrogen) atoms. The summed E-state index contributed by atoms with van der Waals surface area (Å²) in [4.78, 5) is 42.6. The monoisotopic (exact) mass is 601 g/mol. The van der Waals surface area contributed by atoms with Gasteiger partial charge in [0.15, 0.2) is 11.5 Å². The number of nitrogen functional groups attached to an aromatic ring is 1. The molecule has 0 unspecified atom stereocenters. The van der Waals surface area contributed by atoms with E-state index in [-0.39, 0.29) is 10.9 Å². The third-order valence-electron chi connectivity index (χ3n) is 8.57. The summed E-state index contributed by atoms with van der Waals surface area (Å²) in [6.07, 6.45) is 3.50. The van der Waals surface area contributed by atoms with Crippen LogP contribution in [0.2, 0.25) is 0 Å². The van der Waals surface area contributed by atoms with Crippen molar-refractivity contribution in [3.63, 3.8) is 0 Å². The highest BCUT2D eigenvalue weighted by molar-refractivity contribution is 7.80. The number of hydrogen-bond donors (Lipinski definition) is 2. The maximum atomic E-state index is 12.0. The van der Waals surface area contributed by atoms with E-state index >= 15 is 0 Å². The maximum Gasteiger partial charge on any atom is 0.251 e. The van der Waals surface area contributed by atoms with Gasteiger partial charge in [0.25, 0.3) is 5.43 Å². The van der Waals surface area contributed by atoms with Crippen molar-refractivity contribution in [2.75, 3.05) is 30.8 Å². The predicted molar refractivity (Wildman–Crippen MR) is 177 cm³/mol. The SMILES string of the molecule is CN(c1c(S)c(=O)c1=O)C1CCN(Cc2ccc(-n3c(-c4cccnc4N)nc4ccc(-c5ccccc5)nc43)cc2)CC1. The molecule has 10 heteroatoms. The van der Waals surface area contributed by atoms with E-state index in [1.807, 2.05) is 66.5 Å².